The van der Waals surface area contributed by atoms with Crippen LogP contribution in [-0.2, 0) is 19.7 Å². The third kappa shape index (κ3) is 4.04. The summed E-state index contributed by atoms with van der Waals surface area (Å²) in [6.07, 6.45) is 9.49. The minimum Gasteiger partial charge on any atom is -0.378 e. The molecule has 4 saturated carbocycles. The summed E-state index contributed by atoms with van der Waals surface area (Å²) in [4.78, 5) is 42.2. The first kappa shape index (κ1) is 23.7. The zero-order valence-corrected chi connectivity index (χ0v) is 21.5. The van der Waals surface area contributed by atoms with Gasteiger partial charge in [-0.15, -0.1) is 0 Å². The summed E-state index contributed by atoms with van der Waals surface area (Å²) in [5.41, 5.74) is 3.82. The monoisotopic (exact) mass is 511 g/mol. The quantitative estimate of drug-likeness (QED) is 0.477. The maximum absolute atomic E-state index is 13.4. The van der Waals surface area contributed by atoms with E-state index in [0.29, 0.717) is 18.9 Å². The minimum absolute atomic E-state index is 0.0473. The lowest BCUT2D eigenvalue weighted by Gasteiger charge is -2.57. The average Bonchev–Trinajstić information content (AvgIpc) is 2.91. The number of hydrogen-bond donors (Lipinski definition) is 1. The molecule has 8 rings (SSSR count). The second-order valence-corrected chi connectivity index (χ2v) is 11.9. The van der Waals surface area contributed by atoms with Crippen LogP contribution in [0.1, 0.15) is 49.7 Å². The molecule has 4 aliphatic carbocycles. The largest absolute Gasteiger partial charge is 0.378 e. The molecular formula is C31H33N3O4. The fourth-order valence-corrected chi connectivity index (χ4v) is 8.09. The first-order chi connectivity index (χ1) is 18.5. The molecular weight excluding hydrogens is 478 g/mol. The van der Waals surface area contributed by atoms with Crippen molar-refractivity contribution in [2.45, 2.75) is 43.9 Å². The van der Waals surface area contributed by atoms with Crippen molar-refractivity contribution in [1.82, 2.24) is 5.32 Å². The number of carbonyl (C=O) groups excluding carboxylic acids is 3. The molecule has 7 heteroatoms. The molecule has 4 amide bonds. The van der Waals surface area contributed by atoms with E-state index in [-0.39, 0.29) is 11.0 Å². The standard InChI is InChI=1S/C31H33N3O4/c35-28-27(16-20-1-5-25(6-2-20)33-9-11-38-12-10-33)29(36)34(30(37)32-28)26-7-3-24(4-8-26)31-17-21-13-22(18-31)15-23(14-21)19-31/h1-8,16,21-23H,9-15,17-19H2,(H,32,35,37)/b27-16+. The van der Waals surface area contributed by atoms with Crippen LogP contribution in [0.2, 0.25) is 0 Å². The Morgan fingerprint density at radius 3 is 1.97 bits per heavy atom. The van der Waals surface area contributed by atoms with Gasteiger partial charge in [-0.3, -0.25) is 14.9 Å². The van der Waals surface area contributed by atoms with Gasteiger partial charge in [-0.05, 0) is 103 Å². The van der Waals surface area contributed by atoms with Gasteiger partial charge in [0, 0.05) is 18.8 Å². The molecule has 0 spiro atoms. The van der Waals surface area contributed by atoms with Gasteiger partial charge in [-0.1, -0.05) is 24.3 Å². The van der Waals surface area contributed by atoms with Gasteiger partial charge >= 0.3 is 6.03 Å². The maximum Gasteiger partial charge on any atom is 0.335 e. The Bertz CT molecular complexity index is 1270. The van der Waals surface area contributed by atoms with Crippen LogP contribution in [0.15, 0.2) is 54.1 Å². The maximum atomic E-state index is 13.4. The molecule has 2 aromatic carbocycles. The highest BCUT2D eigenvalue weighted by Crippen LogP contribution is 2.60. The fraction of sp³-hybridized carbons (Fsp3) is 0.452. The van der Waals surface area contributed by atoms with Crippen molar-refractivity contribution in [3.05, 3.63) is 65.2 Å². The number of benzene rings is 2. The molecule has 196 valence electrons. The van der Waals surface area contributed by atoms with E-state index in [2.05, 4.69) is 22.3 Å². The number of carbonyl (C=O) groups is 3. The van der Waals surface area contributed by atoms with E-state index in [1.807, 2.05) is 36.4 Å². The van der Waals surface area contributed by atoms with Crippen LogP contribution in [0.3, 0.4) is 0 Å². The summed E-state index contributed by atoms with van der Waals surface area (Å²) in [6.45, 7) is 3.07. The zero-order valence-electron chi connectivity index (χ0n) is 21.5. The molecule has 2 heterocycles. The molecule has 6 aliphatic rings. The van der Waals surface area contributed by atoms with Gasteiger partial charge in [-0.25, -0.2) is 9.69 Å². The third-order valence-electron chi connectivity index (χ3n) is 9.46. The highest BCUT2D eigenvalue weighted by Gasteiger charge is 2.51. The number of ether oxygens (including phenoxy) is 1. The number of hydrogen-bond acceptors (Lipinski definition) is 5. The van der Waals surface area contributed by atoms with E-state index in [0.717, 1.165) is 47.0 Å². The van der Waals surface area contributed by atoms with Crippen molar-refractivity contribution in [2.75, 3.05) is 36.1 Å². The molecule has 38 heavy (non-hydrogen) atoms. The summed E-state index contributed by atoms with van der Waals surface area (Å²) in [7, 11) is 0. The second-order valence-electron chi connectivity index (χ2n) is 11.9. The molecule has 7 nitrogen and oxygen atoms in total. The Kier molecular flexibility index (Phi) is 5.65. The SMILES string of the molecule is O=C1NC(=O)N(c2ccc(C34CC5CC(CC(C5)C3)C4)cc2)C(=O)/C1=C/c1ccc(N2CCOCC2)cc1. The minimum atomic E-state index is -0.706. The van der Waals surface area contributed by atoms with Crippen molar-refractivity contribution in [3.63, 3.8) is 0 Å². The average molecular weight is 512 g/mol. The fourth-order valence-electron chi connectivity index (χ4n) is 8.09. The van der Waals surface area contributed by atoms with Gasteiger partial charge in [0.1, 0.15) is 5.57 Å². The highest BCUT2D eigenvalue weighted by molar-refractivity contribution is 6.39. The summed E-state index contributed by atoms with van der Waals surface area (Å²) in [5.74, 6) is 1.27. The number of morpholine rings is 1. The van der Waals surface area contributed by atoms with Crippen LogP contribution in [0.4, 0.5) is 16.2 Å². The van der Waals surface area contributed by atoms with Crippen molar-refractivity contribution >= 4 is 35.3 Å². The van der Waals surface area contributed by atoms with Gasteiger partial charge in [-0.2, -0.15) is 0 Å². The van der Waals surface area contributed by atoms with Gasteiger partial charge < -0.3 is 9.64 Å². The van der Waals surface area contributed by atoms with Crippen LogP contribution < -0.4 is 15.1 Å². The van der Waals surface area contributed by atoms with E-state index in [1.165, 1.54) is 44.1 Å². The molecule has 0 aromatic heterocycles. The third-order valence-corrected chi connectivity index (χ3v) is 9.46. The van der Waals surface area contributed by atoms with Crippen LogP contribution in [-0.4, -0.2) is 44.1 Å². The van der Waals surface area contributed by atoms with Crippen molar-refractivity contribution in [3.8, 4) is 0 Å². The predicted molar refractivity (Wildman–Crippen MR) is 145 cm³/mol. The van der Waals surface area contributed by atoms with Crippen LogP contribution in [0, 0.1) is 17.8 Å². The lowest BCUT2D eigenvalue weighted by molar-refractivity contribution is -0.122. The Morgan fingerprint density at radius 2 is 1.37 bits per heavy atom. The number of nitrogens with zero attached hydrogens (tertiary/aromatic N) is 2. The van der Waals surface area contributed by atoms with E-state index < -0.39 is 17.8 Å². The van der Waals surface area contributed by atoms with Crippen molar-refractivity contribution in [2.24, 2.45) is 17.8 Å². The van der Waals surface area contributed by atoms with Gasteiger partial charge in [0.25, 0.3) is 11.8 Å². The molecule has 0 atom stereocenters. The normalized spacial score (nSPS) is 31.7. The van der Waals surface area contributed by atoms with Gasteiger partial charge in [0.05, 0.1) is 18.9 Å². The smallest absolute Gasteiger partial charge is 0.335 e. The summed E-state index contributed by atoms with van der Waals surface area (Å²) in [5, 5.41) is 2.35. The molecule has 0 radical (unpaired) electrons. The van der Waals surface area contributed by atoms with E-state index >= 15 is 0 Å². The van der Waals surface area contributed by atoms with Crippen LogP contribution in [0.25, 0.3) is 6.08 Å². The van der Waals surface area contributed by atoms with E-state index in [1.54, 1.807) is 6.08 Å². The zero-order chi connectivity index (χ0) is 25.9. The van der Waals surface area contributed by atoms with Crippen molar-refractivity contribution < 1.29 is 19.1 Å². The number of barbiturate groups is 1. The molecule has 1 N–H and O–H groups in total. The molecule has 2 saturated heterocycles. The second kappa shape index (κ2) is 9.09. The van der Waals surface area contributed by atoms with E-state index in [9.17, 15) is 14.4 Å². The first-order valence-electron chi connectivity index (χ1n) is 13.9. The Labute approximate surface area is 222 Å². The first-order valence-corrected chi connectivity index (χ1v) is 13.9. The molecule has 4 bridgehead atoms. The Morgan fingerprint density at radius 1 is 0.789 bits per heavy atom. The van der Waals surface area contributed by atoms with Gasteiger partial charge in [0.2, 0.25) is 0 Å². The number of urea groups is 1. The number of anilines is 2. The van der Waals surface area contributed by atoms with Gasteiger partial charge in [0.15, 0.2) is 0 Å². The number of nitrogens with one attached hydrogen (secondary N) is 1. The van der Waals surface area contributed by atoms with Crippen molar-refractivity contribution in [1.29, 1.82) is 0 Å². The molecule has 0 unspecified atom stereocenters. The van der Waals surface area contributed by atoms with Crippen LogP contribution in [0.5, 0.6) is 0 Å². The molecule has 6 fully saturated rings. The van der Waals surface area contributed by atoms with Crippen LogP contribution >= 0.6 is 0 Å². The topological polar surface area (TPSA) is 79.0 Å². The number of amides is 4. The number of rotatable bonds is 4. The molecule has 2 aromatic rings. The summed E-state index contributed by atoms with van der Waals surface area (Å²) < 4.78 is 5.42. The Balaban J connectivity index is 1.12. The number of imide groups is 2. The summed E-state index contributed by atoms with van der Waals surface area (Å²) >= 11 is 0. The highest BCUT2D eigenvalue weighted by atomic mass is 16.5. The lowest BCUT2D eigenvalue weighted by Crippen LogP contribution is -2.54. The Hall–Kier alpha value is -3.45. The summed E-state index contributed by atoms with van der Waals surface area (Å²) in [6, 6.07) is 15.0. The predicted octanol–water partition coefficient (Wildman–Crippen LogP) is 4.66. The van der Waals surface area contributed by atoms with E-state index in [4.69, 9.17) is 4.74 Å². The lowest BCUT2D eigenvalue weighted by atomic mass is 9.48. The molecule has 2 aliphatic heterocycles.